The zero-order valence-electron chi connectivity index (χ0n) is 12.1. The van der Waals surface area contributed by atoms with Gasteiger partial charge in [0.25, 0.3) is 0 Å². The van der Waals surface area contributed by atoms with Crippen LogP contribution in [0.25, 0.3) is 0 Å². The number of rotatable bonds is 4. The molecule has 22 heavy (non-hydrogen) atoms. The molecule has 0 unspecified atom stereocenters. The number of amides is 2. The molecule has 2 rings (SSSR count). The quantitative estimate of drug-likeness (QED) is 0.888. The van der Waals surface area contributed by atoms with Crippen LogP contribution in [0.2, 0.25) is 5.02 Å². The Morgan fingerprint density at radius 2 is 2.05 bits per heavy atom. The van der Waals surface area contributed by atoms with E-state index in [0.29, 0.717) is 17.1 Å². The van der Waals surface area contributed by atoms with Crippen LogP contribution >= 0.6 is 11.6 Å². The molecule has 2 amide bonds. The molecule has 0 bridgehead atoms. The Balaban J connectivity index is 1.91. The van der Waals surface area contributed by atoms with E-state index in [1.165, 1.54) is 11.9 Å². The van der Waals surface area contributed by atoms with Crippen molar-refractivity contribution in [3.8, 4) is 0 Å². The Kier molecular flexibility index (Phi) is 5.08. The van der Waals surface area contributed by atoms with Crippen molar-refractivity contribution in [3.63, 3.8) is 0 Å². The fraction of sp³-hybridized carbons (Fsp3) is 0.429. The van der Waals surface area contributed by atoms with Gasteiger partial charge in [0.05, 0.1) is 34.7 Å². The molecule has 8 heteroatoms. The summed E-state index contributed by atoms with van der Waals surface area (Å²) in [4.78, 5) is 25.3. The maximum Gasteiger partial charge on any atom is 0.244 e. The molecule has 0 saturated carbocycles. The Bertz CT molecular complexity index is 690. The van der Waals surface area contributed by atoms with E-state index < -0.39 is 15.8 Å². The summed E-state index contributed by atoms with van der Waals surface area (Å²) in [6.45, 7) is -0.152. The summed E-state index contributed by atoms with van der Waals surface area (Å²) in [7, 11) is -1.64. The molecule has 1 aliphatic rings. The monoisotopic (exact) mass is 344 g/mol. The van der Waals surface area contributed by atoms with Gasteiger partial charge in [-0.25, -0.2) is 8.42 Å². The Hall–Kier alpha value is -1.60. The van der Waals surface area contributed by atoms with Crippen LogP contribution in [0.3, 0.4) is 0 Å². The van der Waals surface area contributed by atoms with Crippen molar-refractivity contribution in [2.45, 2.75) is 6.42 Å². The lowest BCUT2D eigenvalue weighted by Crippen LogP contribution is -2.39. The molecular weight excluding hydrogens is 328 g/mol. The summed E-state index contributed by atoms with van der Waals surface area (Å²) >= 11 is 5.94. The zero-order chi connectivity index (χ0) is 16.3. The zero-order valence-corrected chi connectivity index (χ0v) is 13.7. The molecule has 6 nitrogen and oxygen atoms in total. The number of benzene rings is 1. The summed E-state index contributed by atoms with van der Waals surface area (Å²) < 4.78 is 22.8. The standard InChI is InChI=1S/C14H17ClN2O4S/c1-17(14(19)10-6-7-22(20,21)9-10)8-13(18)16-12-5-3-2-4-11(12)15/h2-5,10H,6-9H2,1H3,(H,16,18)/t10-/m1/s1. The van der Waals surface area contributed by atoms with E-state index in [0.717, 1.165) is 0 Å². The van der Waals surface area contributed by atoms with Crippen LogP contribution in [0, 0.1) is 5.92 Å². The predicted molar refractivity (Wildman–Crippen MR) is 84.5 cm³/mol. The van der Waals surface area contributed by atoms with Crippen molar-refractivity contribution in [1.82, 2.24) is 4.90 Å². The number of carbonyl (C=O) groups excluding carboxylic acids is 2. The van der Waals surface area contributed by atoms with Crippen LogP contribution < -0.4 is 5.32 Å². The average Bonchev–Trinajstić information content (AvgIpc) is 2.80. The fourth-order valence-corrected chi connectivity index (χ4v) is 4.26. The molecule has 1 aromatic rings. The predicted octanol–water partition coefficient (Wildman–Crippen LogP) is 1.17. The average molecular weight is 345 g/mol. The van der Waals surface area contributed by atoms with Crippen molar-refractivity contribution < 1.29 is 18.0 Å². The van der Waals surface area contributed by atoms with Gasteiger partial charge in [0, 0.05) is 7.05 Å². The topological polar surface area (TPSA) is 83.6 Å². The molecule has 1 aliphatic heterocycles. The molecule has 1 aromatic carbocycles. The summed E-state index contributed by atoms with van der Waals surface area (Å²) in [5.74, 6) is -1.37. The summed E-state index contributed by atoms with van der Waals surface area (Å²) in [6.07, 6.45) is 0.317. The highest BCUT2D eigenvalue weighted by Gasteiger charge is 2.34. The number of likely N-dealkylation sites (N-methyl/N-ethyl adjacent to an activating group) is 1. The van der Waals surface area contributed by atoms with Crippen molar-refractivity contribution in [2.24, 2.45) is 5.92 Å². The second-order valence-corrected chi connectivity index (χ2v) is 7.96. The van der Waals surface area contributed by atoms with Crippen LogP contribution in [-0.4, -0.2) is 50.2 Å². The van der Waals surface area contributed by atoms with Gasteiger partial charge in [0.15, 0.2) is 9.84 Å². The largest absolute Gasteiger partial charge is 0.336 e. The molecule has 1 fully saturated rings. The molecule has 1 saturated heterocycles. The van der Waals surface area contributed by atoms with Gasteiger partial charge in [-0.2, -0.15) is 0 Å². The first-order chi connectivity index (χ1) is 10.3. The van der Waals surface area contributed by atoms with E-state index in [2.05, 4.69) is 5.32 Å². The minimum Gasteiger partial charge on any atom is -0.336 e. The number of sulfone groups is 1. The van der Waals surface area contributed by atoms with Crippen LogP contribution in [0.1, 0.15) is 6.42 Å². The lowest BCUT2D eigenvalue weighted by molar-refractivity contribution is -0.136. The molecule has 0 radical (unpaired) electrons. The summed E-state index contributed by atoms with van der Waals surface area (Å²) in [5.41, 5.74) is 0.471. The lowest BCUT2D eigenvalue weighted by Gasteiger charge is -2.20. The number of para-hydroxylation sites is 1. The van der Waals surface area contributed by atoms with Gasteiger partial charge >= 0.3 is 0 Å². The van der Waals surface area contributed by atoms with Gasteiger partial charge in [-0.1, -0.05) is 23.7 Å². The van der Waals surface area contributed by atoms with E-state index in [4.69, 9.17) is 11.6 Å². The van der Waals surface area contributed by atoms with Gasteiger partial charge in [-0.05, 0) is 18.6 Å². The number of anilines is 1. The highest BCUT2D eigenvalue weighted by atomic mass is 35.5. The third kappa shape index (κ3) is 4.20. The minimum atomic E-state index is -3.12. The molecule has 1 atom stereocenters. The number of nitrogens with one attached hydrogen (secondary N) is 1. The molecule has 1 N–H and O–H groups in total. The number of halogens is 1. The molecule has 0 aromatic heterocycles. The van der Waals surface area contributed by atoms with Gasteiger partial charge in [-0.15, -0.1) is 0 Å². The second-order valence-electron chi connectivity index (χ2n) is 5.32. The normalized spacial score (nSPS) is 19.6. The van der Waals surface area contributed by atoms with Gasteiger partial charge in [0.1, 0.15) is 0 Å². The highest BCUT2D eigenvalue weighted by molar-refractivity contribution is 7.91. The first-order valence-electron chi connectivity index (χ1n) is 6.78. The molecule has 1 heterocycles. The minimum absolute atomic E-state index is 0.0308. The SMILES string of the molecule is CN(CC(=O)Nc1ccccc1Cl)C(=O)[C@@H]1CCS(=O)(=O)C1. The van der Waals surface area contributed by atoms with Crippen molar-refractivity contribution in [1.29, 1.82) is 0 Å². The molecular formula is C14H17ClN2O4S. The van der Waals surface area contributed by atoms with Crippen LogP contribution in [0.15, 0.2) is 24.3 Å². The Morgan fingerprint density at radius 3 is 2.64 bits per heavy atom. The Morgan fingerprint density at radius 1 is 1.36 bits per heavy atom. The maximum absolute atomic E-state index is 12.1. The smallest absolute Gasteiger partial charge is 0.244 e. The number of nitrogens with zero attached hydrogens (tertiary/aromatic N) is 1. The van der Waals surface area contributed by atoms with E-state index in [1.807, 2.05) is 0 Å². The number of carbonyl (C=O) groups is 2. The number of hydrogen-bond acceptors (Lipinski definition) is 4. The third-order valence-corrected chi connectivity index (χ3v) is 5.58. The van der Waals surface area contributed by atoms with Crippen LogP contribution in [-0.2, 0) is 19.4 Å². The van der Waals surface area contributed by atoms with Crippen LogP contribution in [0.5, 0.6) is 0 Å². The molecule has 0 spiro atoms. The second kappa shape index (κ2) is 6.66. The van der Waals surface area contributed by atoms with Gasteiger partial charge < -0.3 is 10.2 Å². The van der Waals surface area contributed by atoms with Crippen molar-refractivity contribution in [2.75, 3.05) is 30.4 Å². The maximum atomic E-state index is 12.1. The summed E-state index contributed by atoms with van der Waals surface area (Å²) in [5, 5.41) is 3.03. The molecule has 120 valence electrons. The third-order valence-electron chi connectivity index (χ3n) is 3.49. The fourth-order valence-electron chi connectivity index (χ4n) is 2.35. The van der Waals surface area contributed by atoms with Crippen molar-refractivity contribution >= 4 is 38.9 Å². The Labute approximate surface area is 134 Å². The van der Waals surface area contributed by atoms with E-state index in [1.54, 1.807) is 24.3 Å². The van der Waals surface area contributed by atoms with Gasteiger partial charge in [-0.3, -0.25) is 9.59 Å². The molecule has 0 aliphatic carbocycles. The highest BCUT2D eigenvalue weighted by Crippen LogP contribution is 2.21. The summed E-state index contributed by atoms with van der Waals surface area (Å²) in [6, 6.07) is 6.79. The van der Waals surface area contributed by atoms with E-state index >= 15 is 0 Å². The van der Waals surface area contributed by atoms with Crippen molar-refractivity contribution in [3.05, 3.63) is 29.3 Å². The van der Waals surface area contributed by atoms with E-state index in [-0.39, 0.29) is 29.9 Å². The first kappa shape index (κ1) is 16.8. The first-order valence-corrected chi connectivity index (χ1v) is 8.98. The van der Waals surface area contributed by atoms with Crippen LogP contribution in [0.4, 0.5) is 5.69 Å². The van der Waals surface area contributed by atoms with E-state index in [9.17, 15) is 18.0 Å². The van der Waals surface area contributed by atoms with Gasteiger partial charge in [0.2, 0.25) is 11.8 Å². The number of hydrogen-bond donors (Lipinski definition) is 1. The lowest BCUT2D eigenvalue weighted by atomic mass is 10.1.